The number of aromatic nitrogens is 2. The zero-order valence-corrected chi connectivity index (χ0v) is 6.97. The van der Waals surface area contributed by atoms with Crippen molar-refractivity contribution in [3.63, 3.8) is 0 Å². The highest BCUT2D eigenvalue weighted by molar-refractivity contribution is 5.66. The van der Waals surface area contributed by atoms with Crippen LogP contribution in [0.4, 0.5) is 0 Å². The molecule has 0 aliphatic carbocycles. The molecule has 0 saturated carbocycles. The number of hydrogen-bond donors (Lipinski definition) is 2. The smallest absolute Gasteiger partial charge is 0.303 e. The number of rotatable bonds is 4. The first kappa shape index (κ1) is 9.44. The summed E-state index contributed by atoms with van der Waals surface area (Å²) in [5.41, 5.74) is 0.497. The van der Waals surface area contributed by atoms with E-state index in [0.717, 1.165) is 0 Å². The van der Waals surface area contributed by atoms with E-state index in [1.54, 1.807) is 0 Å². The summed E-state index contributed by atoms with van der Waals surface area (Å²) in [7, 11) is 0. The third kappa shape index (κ3) is 3.06. The summed E-state index contributed by atoms with van der Waals surface area (Å²) in [6.07, 6.45) is 3.64. The van der Waals surface area contributed by atoms with Gasteiger partial charge in [0.2, 0.25) is 0 Å². The van der Waals surface area contributed by atoms with E-state index in [9.17, 15) is 9.90 Å². The molecule has 1 rings (SSSR count). The van der Waals surface area contributed by atoms with Crippen LogP contribution in [0.2, 0.25) is 0 Å². The summed E-state index contributed by atoms with van der Waals surface area (Å²) in [6.45, 7) is 0. The largest absolute Gasteiger partial charge is 0.504 e. The lowest BCUT2D eigenvalue weighted by Gasteiger charge is -1.99. The topological polar surface area (TPSA) is 83.3 Å². The summed E-state index contributed by atoms with van der Waals surface area (Å²) in [5.74, 6) is -0.818. The van der Waals surface area contributed by atoms with Crippen LogP contribution >= 0.6 is 0 Å². The first-order valence-corrected chi connectivity index (χ1v) is 3.90. The fourth-order valence-electron chi connectivity index (χ4n) is 0.947. The van der Waals surface area contributed by atoms with E-state index in [1.807, 2.05) is 0 Å². The summed E-state index contributed by atoms with van der Waals surface area (Å²) < 4.78 is 0. The Hall–Kier alpha value is -1.65. The van der Waals surface area contributed by atoms with Gasteiger partial charge < -0.3 is 10.2 Å². The van der Waals surface area contributed by atoms with E-state index in [-0.39, 0.29) is 12.2 Å². The molecule has 0 aromatic carbocycles. The average Bonchev–Trinajstić information content (AvgIpc) is 2.08. The van der Waals surface area contributed by atoms with Gasteiger partial charge in [-0.25, -0.2) is 9.97 Å². The van der Waals surface area contributed by atoms with Gasteiger partial charge in [-0.3, -0.25) is 4.79 Å². The van der Waals surface area contributed by atoms with Crippen molar-refractivity contribution >= 4 is 5.97 Å². The molecule has 0 unspecified atom stereocenters. The number of aliphatic carboxylic acids is 1. The predicted molar refractivity (Wildman–Crippen MR) is 44.3 cm³/mol. The van der Waals surface area contributed by atoms with Crippen LogP contribution in [-0.4, -0.2) is 26.2 Å². The fourth-order valence-corrected chi connectivity index (χ4v) is 0.947. The highest BCUT2D eigenvalue weighted by Gasteiger charge is 2.03. The van der Waals surface area contributed by atoms with E-state index in [4.69, 9.17) is 5.11 Å². The Morgan fingerprint density at radius 1 is 1.54 bits per heavy atom. The van der Waals surface area contributed by atoms with Gasteiger partial charge in [-0.15, -0.1) is 0 Å². The molecule has 0 bridgehead atoms. The maximum absolute atomic E-state index is 10.2. The Balaban J connectivity index is 2.45. The van der Waals surface area contributed by atoms with Gasteiger partial charge in [0, 0.05) is 6.42 Å². The third-order valence-electron chi connectivity index (χ3n) is 1.58. The molecule has 0 atom stereocenters. The van der Waals surface area contributed by atoms with Gasteiger partial charge in [-0.05, 0) is 12.8 Å². The number of carboxylic acids is 1. The molecule has 1 aromatic heterocycles. The van der Waals surface area contributed by atoms with Crippen molar-refractivity contribution in [3.8, 4) is 5.75 Å². The summed E-state index contributed by atoms with van der Waals surface area (Å²) in [4.78, 5) is 17.6. The molecular weight excluding hydrogens is 172 g/mol. The molecule has 0 aliphatic heterocycles. The summed E-state index contributed by atoms with van der Waals surface area (Å²) in [5, 5.41) is 17.6. The standard InChI is InChI=1S/C8H10N2O3/c11-7-4-9-5-10-6(7)2-1-3-8(12)13/h4-5,11H,1-3H2,(H,12,13). The molecule has 2 N–H and O–H groups in total. The van der Waals surface area contributed by atoms with Gasteiger partial charge >= 0.3 is 5.97 Å². The van der Waals surface area contributed by atoms with Crippen molar-refractivity contribution in [2.24, 2.45) is 0 Å². The minimum atomic E-state index is -0.839. The minimum Gasteiger partial charge on any atom is -0.504 e. The first-order chi connectivity index (χ1) is 6.20. The number of aromatic hydroxyl groups is 1. The maximum atomic E-state index is 10.2. The fraction of sp³-hybridized carbons (Fsp3) is 0.375. The molecule has 0 amide bonds. The summed E-state index contributed by atoms with van der Waals surface area (Å²) >= 11 is 0. The van der Waals surface area contributed by atoms with Crippen molar-refractivity contribution in [2.75, 3.05) is 0 Å². The molecular formula is C8H10N2O3. The molecule has 0 spiro atoms. The van der Waals surface area contributed by atoms with Crippen LogP contribution in [0.15, 0.2) is 12.5 Å². The quantitative estimate of drug-likeness (QED) is 0.712. The predicted octanol–water partition coefficient (Wildman–Crippen LogP) is 0.589. The molecule has 0 fully saturated rings. The zero-order valence-electron chi connectivity index (χ0n) is 6.97. The first-order valence-electron chi connectivity index (χ1n) is 3.90. The van der Waals surface area contributed by atoms with Crippen LogP contribution in [0.1, 0.15) is 18.5 Å². The Morgan fingerprint density at radius 3 is 2.92 bits per heavy atom. The molecule has 0 saturated heterocycles. The van der Waals surface area contributed by atoms with Crippen molar-refractivity contribution in [1.82, 2.24) is 9.97 Å². The SMILES string of the molecule is O=C(O)CCCc1ncncc1O. The number of aryl methyl sites for hydroxylation is 1. The van der Waals surface area contributed by atoms with Crippen molar-refractivity contribution < 1.29 is 15.0 Å². The lowest BCUT2D eigenvalue weighted by Crippen LogP contribution is -1.97. The van der Waals surface area contributed by atoms with Crippen molar-refractivity contribution in [2.45, 2.75) is 19.3 Å². The summed E-state index contributed by atoms with van der Waals surface area (Å²) in [6, 6.07) is 0. The molecule has 1 aromatic rings. The van der Waals surface area contributed by atoms with Gasteiger partial charge in [0.25, 0.3) is 0 Å². The van der Waals surface area contributed by atoms with Crippen molar-refractivity contribution in [3.05, 3.63) is 18.2 Å². The van der Waals surface area contributed by atoms with E-state index >= 15 is 0 Å². The number of hydrogen-bond acceptors (Lipinski definition) is 4. The van der Waals surface area contributed by atoms with E-state index < -0.39 is 5.97 Å². The number of carboxylic acid groups (broad SMARTS) is 1. The molecule has 13 heavy (non-hydrogen) atoms. The second-order valence-corrected chi connectivity index (χ2v) is 2.60. The minimum absolute atomic E-state index is 0.0212. The normalized spacial score (nSPS) is 9.85. The lowest BCUT2D eigenvalue weighted by atomic mass is 10.2. The Morgan fingerprint density at radius 2 is 2.31 bits per heavy atom. The second kappa shape index (κ2) is 4.39. The second-order valence-electron chi connectivity index (χ2n) is 2.60. The molecule has 1 heterocycles. The van der Waals surface area contributed by atoms with Crippen LogP contribution in [0.5, 0.6) is 5.75 Å². The molecule has 5 heteroatoms. The molecule has 0 aliphatic rings. The van der Waals surface area contributed by atoms with Gasteiger partial charge in [0.1, 0.15) is 6.33 Å². The van der Waals surface area contributed by atoms with E-state index in [0.29, 0.717) is 18.5 Å². The van der Waals surface area contributed by atoms with Crippen LogP contribution in [0.25, 0.3) is 0 Å². The number of nitrogens with zero attached hydrogens (tertiary/aromatic N) is 2. The maximum Gasteiger partial charge on any atom is 0.303 e. The number of carbonyl (C=O) groups is 1. The van der Waals surface area contributed by atoms with E-state index in [2.05, 4.69) is 9.97 Å². The lowest BCUT2D eigenvalue weighted by molar-refractivity contribution is -0.137. The Labute approximate surface area is 75.1 Å². The molecule has 5 nitrogen and oxygen atoms in total. The van der Waals surface area contributed by atoms with Gasteiger partial charge in [0.15, 0.2) is 5.75 Å². The third-order valence-corrected chi connectivity index (χ3v) is 1.58. The van der Waals surface area contributed by atoms with E-state index in [1.165, 1.54) is 12.5 Å². The highest BCUT2D eigenvalue weighted by atomic mass is 16.4. The molecule has 0 radical (unpaired) electrons. The van der Waals surface area contributed by atoms with Crippen LogP contribution < -0.4 is 0 Å². The molecule has 70 valence electrons. The van der Waals surface area contributed by atoms with Crippen LogP contribution in [-0.2, 0) is 11.2 Å². The van der Waals surface area contributed by atoms with Gasteiger partial charge in [-0.2, -0.15) is 0 Å². The average molecular weight is 182 g/mol. The van der Waals surface area contributed by atoms with Gasteiger partial charge in [-0.1, -0.05) is 0 Å². The van der Waals surface area contributed by atoms with Crippen molar-refractivity contribution in [1.29, 1.82) is 0 Å². The Bertz CT molecular complexity index is 301. The van der Waals surface area contributed by atoms with Crippen LogP contribution in [0, 0.1) is 0 Å². The monoisotopic (exact) mass is 182 g/mol. The van der Waals surface area contributed by atoms with Crippen LogP contribution in [0.3, 0.4) is 0 Å². The zero-order chi connectivity index (χ0) is 9.68. The van der Waals surface area contributed by atoms with Gasteiger partial charge in [0.05, 0.1) is 11.9 Å². The highest BCUT2D eigenvalue weighted by Crippen LogP contribution is 2.13. The Kier molecular flexibility index (Phi) is 3.19.